The molecule has 1 aliphatic heterocycles. The number of benzene rings is 2. The fourth-order valence-electron chi connectivity index (χ4n) is 2.34. The van der Waals surface area contributed by atoms with E-state index >= 15 is 0 Å². The topological polar surface area (TPSA) is 30.5 Å². The van der Waals surface area contributed by atoms with E-state index in [0.717, 1.165) is 23.0 Å². The molecule has 1 atom stereocenters. The Bertz CT molecular complexity index is 589. The number of hydrogen-bond acceptors (Lipinski definition) is 4. The molecule has 0 aromatic heterocycles. The maximum absolute atomic E-state index is 5.45. The Morgan fingerprint density at radius 2 is 1.90 bits per heavy atom. The molecule has 2 aromatic rings. The fourth-order valence-corrected chi connectivity index (χ4v) is 3.49. The van der Waals surface area contributed by atoms with E-state index in [1.807, 2.05) is 24.9 Å². The number of thioether (sulfide) groups is 1. The summed E-state index contributed by atoms with van der Waals surface area (Å²) in [6.45, 7) is 0.325. The predicted octanol–water partition coefficient (Wildman–Crippen LogP) is 3.61. The van der Waals surface area contributed by atoms with E-state index in [-0.39, 0.29) is 0 Å². The van der Waals surface area contributed by atoms with Crippen LogP contribution in [-0.4, -0.2) is 19.6 Å². The second kappa shape index (κ2) is 6.87. The molecule has 3 rings (SSSR count). The van der Waals surface area contributed by atoms with Gasteiger partial charge in [-0.2, -0.15) is 11.8 Å². The van der Waals surface area contributed by atoms with Crippen LogP contribution in [0, 0.1) is 0 Å². The number of hydrogen-bond donors (Lipinski definition) is 1. The SMILES string of the molecule is CNC(CSCc1ccccc1)c1ccc2c(c1)OCO2. The first kappa shape index (κ1) is 14.3. The number of nitrogens with one attached hydrogen (secondary N) is 1. The highest BCUT2D eigenvalue weighted by Gasteiger charge is 2.17. The summed E-state index contributed by atoms with van der Waals surface area (Å²) in [5, 5.41) is 3.38. The van der Waals surface area contributed by atoms with Crippen LogP contribution < -0.4 is 14.8 Å². The zero-order chi connectivity index (χ0) is 14.5. The van der Waals surface area contributed by atoms with Crippen molar-refractivity contribution >= 4 is 11.8 Å². The van der Waals surface area contributed by atoms with Gasteiger partial charge in [0.2, 0.25) is 6.79 Å². The quantitative estimate of drug-likeness (QED) is 0.883. The summed E-state index contributed by atoms with van der Waals surface area (Å²) in [7, 11) is 2.00. The van der Waals surface area contributed by atoms with Crippen LogP contribution in [0.25, 0.3) is 0 Å². The van der Waals surface area contributed by atoms with Crippen molar-refractivity contribution in [2.75, 3.05) is 19.6 Å². The van der Waals surface area contributed by atoms with Crippen molar-refractivity contribution in [3.05, 3.63) is 59.7 Å². The Kier molecular flexibility index (Phi) is 4.68. The Morgan fingerprint density at radius 1 is 1.10 bits per heavy atom. The predicted molar refractivity (Wildman–Crippen MR) is 87.0 cm³/mol. The van der Waals surface area contributed by atoms with Gasteiger partial charge in [0.05, 0.1) is 0 Å². The zero-order valence-corrected chi connectivity index (χ0v) is 12.9. The van der Waals surface area contributed by atoms with Gasteiger partial charge in [-0.15, -0.1) is 0 Å². The first-order chi connectivity index (χ1) is 10.4. The molecule has 110 valence electrons. The molecule has 0 radical (unpaired) electrons. The zero-order valence-electron chi connectivity index (χ0n) is 12.0. The van der Waals surface area contributed by atoms with E-state index in [4.69, 9.17) is 9.47 Å². The van der Waals surface area contributed by atoms with E-state index in [1.165, 1.54) is 11.1 Å². The van der Waals surface area contributed by atoms with Gasteiger partial charge in [0.15, 0.2) is 11.5 Å². The summed E-state index contributed by atoms with van der Waals surface area (Å²) in [5.41, 5.74) is 2.60. The standard InChI is InChI=1S/C17H19NO2S/c1-18-15(11-21-10-13-5-3-2-4-6-13)14-7-8-16-17(9-14)20-12-19-16/h2-9,15,18H,10-12H2,1H3. The molecule has 0 saturated heterocycles. The van der Waals surface area contributed by atoms with Crippen LogP contribution >= 0.6 is 11.8 Å². The third kappa shape index (κ3) is 3.52. The second-order valence-electron chi connectivity index (χ2n) is 4.95. The molecule has 2 aromatic carbocycles. The molecule has 1 N–H and O–H groups in total. The van der Waals surface area contributed by atoms with Crippen LogP contribution in [0.5, 0.6) is 11.5 Å². The molecular formula is C17H19NO2S. The molecule has 0 spiro atoms. The molecule has 0 fully saturated rings. The summed E-state index contributed by atoms with van der Waals surface area (Å²) < 4.78 is 10.8. The lowest BCUT2D eigenvalue weighted by atomic mass is 10.1. The van der Waals surface area contributed by atoms with Gasteiger partial charge in [-0.25, -0.2) is 0 Å². The van der Waals surface area contributed by atoms with Crippen molar-refractivity contribution in [1.82, 2.24) is 5.32 Å². The molecule has 21 heavy (non-hydrogen) atoms. The first-order valence-corrected chi connectivity index (χ1v) is 8.21. The van der Waals surface area contributed by atoms with Gasteiger partial charge >= 0.3 is 0 Å². The highest BCUT2D eigenvalue weighted by molar-refractivity contribution is 7.98. The van der Waals surface area contributed by atoms with E-state index < -0.39 is 0 Å². The van der Waals surface area contributed by atoms with Gasteiger partial charge in [-0.05, 0) is 30.3 Å². The minimum atomic E-state index is 0.313. The van der Waals surface area contributed by atoms with Crippen LogP contribution in [0.15, 0.2) is 48.5 Å². The molecule has 1 heterocycles. The lowest BCUT2D eigenvalue weighted by Crippen LogP contribution is -2.18. The average molecular weight is 301 g/mol. The minimum absolute atomic E-state index is 0.313. The molecular weight excluding hydrogens is 282 g/mol. The Labute approximate surface area is 129 Å². The molecule has 0 saturated carbocycles. The summed E-state index contributed by atoms with van der Waals surface area (Å²) >= 11 is 1.93. The molecule has 0 bridgehead atoms. The van der Waals surface area contributed by atoms with E-state index in [2.05, 4.69) is 47.8 Å². The molecule has 1 unspecified atom stereocenters. The molecule has 0 aliphatic carbocycles. The number of fused-ring (bicyclic) bond motifs is 1. The Morgan fingerprint density at radius 3 is 2.71 bits per heavy atom. The molecule has 3 nitrogen and oxygen atoms in total. The lowest BCUT2D eigenvalue weighted by Gasteiger charge is -2.16. The van der Waals surface area contributed by atoms with E-state index in [1.54, 1.807) is 0 Å². The normalized spacial score (nSPS) is 14.1. The lowest BCUT2D eigenvalue weighted by molar-refractivity contribution is 0.174. The molecule has 1 aliphatic rings. The van der Waals surface area contributed by atoms with Crippen molar-refractivity contribution in [2.24, 2.45) is 0 Å². The van der Waals surface area contributed by atoms with Crippen molar-refractivity contribution in [3.63, 3.8) is 0 Å². The van der Waals surface area contributed by atoms with Crippen molar-refractivity contribution in [1.29, 1.82) is 0 Å². The maximum atomic E-state index is 5.45. The van der Waals surface area contributed by atoms with Crippen molar-refractivity contribution < 1.29 is 9.47 Å². The smallest absolute Gasteiger partial charge is 0.231 e. The highest BCUT2D eigenvalue weighted by Crippen LogP contribution is 2.34. The number of ether oxygens (including phenoxy) is 2. The van der Waals surface area contributed by atoms with Crippen LogP contribution in [0.4, 0.5) is 0 Å². The number of rotatable bonds is 6. The van der Waals surface area contributed by atoms with E-state index in [0.29, 0.717) is 12.8 Å². The molecule has 0 amide bonds. The minimum Gasteiger partial charge on any atom is -0.454 e. The van der Waals surface area contributed by atoms with Crippen molar-refractivity contribution in [3.8, 4) is 11.5 Å². The van der Waals surface area contributed by atoms with Gasteiger partial charge in [0, 0.05) is 17.5 Å². The van der Waals surface area contributed by atoms with Crippen LogP contribution in [0.3, 0.4) is 0 Å². The monoisotopic (exact) mass is 301 g/mol. The van der Waals surface area contributed by atoms with Gasteiger partial charge in [0.25, 0.3) is 0 Å². The maximum Gasteiger partial charge on any atom is 0.231 e. The Balaban J connectivity index is 1.60. The van der Waals surface area contributed by atoms with Gasteiger partial charge < -0.3 is 14.8 Å². The van der Waals surface area contributed by atoms with Crippen molar-refractivity contribution in [2.45, 2.75) is 11.8 Å². The third-order valence-corrected chi connectivity index (χ3v) is 4.65. The van der Waals surface area contributed by atoms with Gasteiger partial charge in [-0.3, -0.25) is 0 Å². The highest BCUT2D eigenvalue weighted by atomic mass is 32.2. The summed E-state index contributed by atoms with van der Waals surface area (Å²) in [4.78, 5) is 0. The molecule has 4 heteroatoms. The Hall–Kier alpha value is -1.65. The van der Waals surface area contributed by atoms with Crippen LogP contribution in [0.1, 0.15) is 17.2 Å². The third-order valence-electron chi connectivity index (χ3n) is 3.54. The fraction of sp³-hybridized carbons (Fsp3) is 0.294. The first-order valence-electron chi connectivity index (χ1n) is 7.05. The van der Waals surface area contributed by atoms with Gasteiger partial charge in [0.1, 0.15) is 0 Å². The average Bonchev–Trinajstić information content (AvgIpc) is 3.00. The van der Waals surface area contributed by atoms with Gasteiger partial charge in [-0.1, -0.05) is 36.4 Å². The largest absolute Gasteiger partial charge is 0.454 e. The van der Waals surface area contributed by atoms with Crippen LogP contribution in [0.2, 0.25) is 0 Å². The van der Waals surface area contributed by atoms with Crippen LogP contribution in [-0.2, 0) is 5.75 Å². The summed E-state index contributed by atoms with van der Waals surface area (Å²) in [6, 6.07) is 17.1. The summed E-state index contributed by atoms with van der Waals surface area (Å²) in [5.74, 6) is 3.74. The van der Waals surface area contributed by atoms with E-state index in [9.17, 15) is 0 Å². The summed E-state index contributed by atoms with van der Waals surface area (Å²) in [6.07, 6.45) is 0. The second-order valence-corrected chi connectivity index (χ2v) is 5.98.